The van der Waals surface area contributed by atoms with Gasteiger partial charge in [0.25, 0.3) is 5.91 Å². The van der Waals surface area contributed by atoms with Crippen LogP contribution >= 0.6 is 22.6 Å². The largest absolute Gasteiger partial charge is 0.346 e. The Hall–Kier alpha value is -3.21. The van der Waals surface area contributed by atoms with Crippen molar-refractivity contribution in [2.24, 2.45) is 0 Å². The highest BCUT2D eigenvalue weighted by atomic mass is 127. The van der Waals surface area contributed by atoms with Crippen LogP contribution in [0.25, 0.3) is 11.2 Å². The van der Waals surface area contributed by atoms with E-state index in [1.165, 1.54) is 18.4 Å². The van der Waals surface area contributed by atoms with Crippen molar-refractivity contribution in [1.82, 2.24) is 33.9 Å². The van der Waals surface area contributed by atoms with Crippen molar-refractivity contribution in [3.8, 4) is 0 Å². The molecule has 8 nitrogen and oxygen atoms in total. The van der Waals surface area contributed by atoms with Gasteiger partial charge in [-0.1, -0.05) is 6.07 Å². The minimum atomic E-state index is -0.174. The molecule has 1 amide bonds. The molecule has 1 fully saturated rings. The number of aromatic nitrogens is 6. The summed E-state index contributed by atoms with van der Waals surface area (Å²) in [6, 6.07) is 8.31. The van der Waals surface area contributed by atoms with E-state index in [0.29, 0.717) is 24.6 Å². The van der Waals surface area contributed by atoms with Gasteiger partial charge in [0.2, 0.25) is 0 Å². The highest BCUT2D eigenvalue weighted by molar-refractivity contribution is 14.1. The number of amides is 1. The van der Waals surface area contributed by atoms with Crippen molar-refractivity contribution in [1.29, 1.82) is 0 Å². The molecule has 0 bridgehead atoms. The average Bonchev–Trinajstić information content (AvgIpc) is 3.21. The number of pyridine rings is 2. The molecule has 1 saturated carbocycles. The highest BCUT2D eigenvalue weighted by Gasteiger charge is 2.23. The fraction of sp³-hybridized carbons (Fsp3) is 0.217. The van der Waals surface area contributed by atoms with E-state index in [1.807, 2.05) is 22.9 Å². The topological polar surface area (TPSA) is 81.5 Å². The Labute approximate surface area is 197 Å². The fourth-order valence-electron chi connectivity index (χ4n) is 3.95. The SMILES string of the molecule is O=C(NCc1ncn2ccc(I)cc12)c1cnn(Cc2cn3cc(C4CC4)ccc3n2)c1. The molecule has 0 aromatic carbocycles. The van der Waals surface area contributed by atoms with E-state index < -0.39 is 0 Å². The lowest BCUT2D eigenvalue weighted by molar-refractivity contribution is 0.0950. The molecule has 5 aromatic rings. The minimum absolute atomic E-state index is 0.174. The standard InChI is InChI=1S/C23H20IN7O/c24-18-5-6-29-14-26-20(21(29)7-18)9-25-23(32)17-8-27-31(11-17)13-19-12-30-10-16(15-1-2-15)3-4-22(30)28-19/h3-8,10-12,14-15H,1-2,9,13H2,(H,25,32). The molecule has 0 atom stereocenters. The molecule has 0 unspecified atom stereocenters. The third-order valence-electron chi connectivity index (χ3n) is 5.79. The summed E-state index contributed by atoms with van der Waals surface area (Å²) in [5, 5.41) is 7.29. The quantitative estimate of drug-likeness (QED) is 0.336. The number of hydrogen-bond donors (Lipinski definition) is 1. The summed E-state index contributed by atoms with van der Waals surface area (Å²) >= 11 is 2.27. The molecule has 1 aliphatic carbocycles. The summed E-state index contributed by atoms with van der Waals surface area (Å²) in [6.45, 7) is 0.869. The lowest BCUT2D eigenvalue weighted by atomic mass is 10.2. The van der Waals surface area contributed by atoms with Crippen LogP contribution in [0.3, 0.4) is 0 Å². The number of carbonyl (C=O) groups excluding carboxylic acids is 1. The molecule has 0 spiro atoms. The first kappa shape index (κ1) is 19.5. The Morgan fingerprint density at radius 2 is 2.06 bits per heavy atom. The molecule has 6 rings (SSSR count). The third-order valence-corrected chi connectivity index (χ3v) is 6.46. The van der Waals surface area contributed by atoms with E-state index in [1.54, 1.807) is 23.4 Å². The number of carbonyl (C=O) groups is 1. The van der Waals surface area contributed by atoms with Crippen molar-refractivity contribution in [2.75, 3.05) is 0 Å². The van der Waals surface area contributed by atoms with Gasteiger partial charge in [0, 0.05) is 28.4 Å². The van der Waals surface area contributed by atoms with Crippen LogP contribution in [0.2, 0.25) is 0 Å². The van der Waals surface area contributed by atoms with Crippen molar-refractivity contribution in [3.63, 3.8) is 0 Å². The summed E-state index contributed by atoms with van der Waals surface area (Å²) in [6.07, 6.45) is 13.8. The van der Waals surface area contributed by atoms with Crippen molar-refractivity contribution in [2.45, 2.75) is 31.8 Å². The van der Waals surface area contributed by atoms with E-state index in [-0.39, 0.29) is 5.91 Å². The van der Waals surface area contributed by atoms with Gasteiger partial charge in [0.1, 0.15) is 5.65 Å². The van der Waals surface area contributed by atoms with Crippen LogP contribution in [0.15, 0.2) is 61.6 Å². The smallest absolute Gasteiger partial charge is 0.254 e. The number of halogens is 1. The molecule has 5 heterocycles. The van der Waals surface area contributed by atoms with Gasteiger partial charge in [0.15, 0.2) is 0 Å². The maximum atomic E-state index is 12.6. The van der Waals surface area contributed by atoms with Gasteiger partial charge in [-0.2, -0.15) is 5.10 Å². The summed E-state index contributed by atoms with van der Waals surface area (Å²) in [5.74, 6) is 0.535. The van der Waals surface area contributed by atoms with Crippen LogP contribution in [0.4, 0.5) is 0 Å². The van der Waals surface area contributed by atoms with Gasteiger partial charge < -0.3 is 14.1 Å². The van der Waals surface area contributed by atoms with Crippen LogP contribution in [0.5, 0.6) is 0 Å². The van der Waals surface area contributed by atoms with Crippen molar-refractivity contribution < 1.29 is 4.79 Å². The lowest BCUT2D eigenvalue weighted by Gasteiger charge is -2.02. The monoisotopic (exact) mass is 537 g/mol. The van der Waals surface area contributed by atoms with Crippen molar-refractivity contribution in [3.05, 3.63) is 87.7 Å². The number of nitrogens with one attached hydrogen (secondary N) is 1. The summed E-state index contributed by atoms with van der Waals surface area (Å²) in [7, 11) is 0. The van der Waals surface area contributed by atoms with Crippen molar-refractivity contribution >= 4 is 39.7 Å². The fourth-order valence-corrected chi connectivity index (χ4v) is 4.40. The van der Waals surface area contributed by atoms with Gasteiger partial charge in [-0.05, 0) is 65.1 Å². The number of fused-ring (bicyclic) bond motifs is 2. The van der Waals surface area contributed by atoms with Crippen LogP contribution in [0.1, 0.15) is 46.1 Å². The zero-order valence-corrected chi connectivity index (χ0v) is 19.3. The Morgan fingerprint density at radius 3 is 2.94 bits per heavy atom. The van der Waals surface area contributed by atoms with Crippen LogP contribution in [-0.2, 0) is 13.1 Å². The summed E-state index contributed by atoms with van der Waals surface area (Å²) < 4.78 is 6.90. The molecule has 9 heteroatoms. The zero-order valence-electron chi connectivity index (χ0n) is 17.1. The molecule has 0 radical (unpaired) electrons. The predicted molar refractivity (Wildman–Crippen MR) is 128 cm³/mol. The minimum Gasteiger partial charge on any atom is -0.346 e. The Bertz CT molecular complexity index is 1460. The van der Waals surface area contributed by atoms with E-state index in [0.717, 1.165) is 26.1 Å². The van der Waals surface area contributed by atoms with Gasteiger partial charge in [-0.25, -0.2) is 9.97 Å². The first-order chi connectivity index (χ1) is 15.6. The molecule has 32 heavy (non-hydrogen) atoms. The molecule has 5 aromatic heterocycles. The average molecular weight is 537 g/mol. The Morgan fingerprint density at radius 1 is 1.16 bits per heavy atom. The van der Waals surface area contributed by atoms with Gasteiger partial charge in [-0.15, -0.1) is 0 Å². The van der Waals surface area contributed by atoms with Gasteiger partial charge >= 0.3 is 0 Å². The van der Waals surface area contributed by atoms with Crippen LogP contribution in [-0.4, -0.2) is 34.5 Å². The van der Waals surface area contributed by atoms with Crippen LogP contribution < -0.4 is 5.32 Å². The second-order valence-electron chi connectivity index (χ2n) is 8.17. The highest BCUT2D eigenvalue weighted by Crippen LogP contribution is 2.39. The first-order valence-electron chi connectivity index (χ1n) is 10.5. The normalized spacial score (nSPS) is 13.8. The molecule has 160 valence electrons. The number of nitrogens with zero attached hydrogens (tertiary/aromatic N) is 6. The molecular formula is C23H20IN7O. The predicted octanol–water partition coefficient (Wildman–Crippen LogP) is 3.64. The van der Waals surface area contributed by atoms with E-state index >= 15 is 0 Å². The maximum absolute atomic E-state index is 12.6. The second-order valence-corrected chi connectivity index (χ2v) is 9.42. The summed E-state index contributed by atoms with van der Waals surface area (Å²) in [5.41, 5.74) is 5.55. The molecular weight excluding hydrogens is 517 g/mol. The van der Waals surface area contributed by atoms with Gasteiger partial charge in [0.05, 0.1) is 48.1 Å². The number of hydrogen-bond acceptors (Lipinski definition) is 4. The maximum Gasteiger partial charge on any atom is 0.254 e. The van der Waals surface area contributed by atoms with Gasteiger partial charge in [-0.3, -0.25) is 9.48 Å². The second kappa shape index (κ2) is 7.73. The zero-order chi connectivity index (χ0) is 21.7. The van der Waals surface area contributed by atoms with E-state index in [4.69, 9.17) is 0 Å². The van der Waals surface area contributed by atoms with E-state index in [2.05, 4.69) is 71.8 Å². The molecule has 0 aliphatic heterocycles. The summed E-state index contributed by atoms with van der Waals surface area (Å²) in [4.78, 5) is 21.7. The lowest BCUT2D eigenvalue weighted by Crippen LogP contribution is -2.22. The van der Waals surface area contributed by atoms with E-state index in [9.17, 15) is 4.79 Å². The first-order valence-corrected chi connectivity index (χ1v) is 11.6. The van der Waals surface area contributed by atoms with Crippen LogP contribution in [0, 0.1) is 3.57 Å². The number of rotatable bonds is 6. The molecule has 1 aliphatic rings. The Kier molecular flexibility index (Phi) is 4.71. The number of imidazole rings is 2. The third kappa shape index (κ3) is 3.77. The Balaban J connectivity index is 1.13. The molecule has 1 N–H and O–H groups in total. The molecule has 0 saturated heterocycles.